The molecule has 0 radical (unpaired) electrons. The van der Waals surface area contributed by atoms with Gasteiger partial charge in [-0.2, -0.15) is 0 Å². The smallest absolute Gasteiger partial charge is 0.129 e. The molecule has 5 aromatic rings. The van der Waals surface area contributed by atoms with Gasteiger partial charge >= 0.3 is 0 Å². The van der Waals surface area contributed by atoms with Crippen molar-refractivity contribution in [1.82, 2.24) is 0 Å². The van der Waals surface area contributed by atoms with Crippen LogP contribution in [0.5, 0.6) is 0 Å². The first-order valence-electron chi connectivity index (χ1n) is 28.2. The van der Waals surface area contributed by atoms with Gasteiger partial charge in [0.2, 0.25) is 0 Å². The molecule has 2 aromatic heterocycles. The molecule has 68 heavy (non-hydrogen) atoms. The van der Waals surface area contributed by atoms with Crippen LogP contribution < -0.4 is 0 Å². The van der Waals surface area contributed by atoms with Crippen LogP contribution in [0.15, 0.2) is 22.9 Å². The van der Waals surface area contributed by atoms with Gasteiger partial charge in [0.05, 0.1) is 32.3 Å². The van der Waals surface area contributed by atoms with Crippen LogP contribution in [0.25, 0.3) is 41.7 Å². The summed E-state index contributed by atoms with van der Waals surface area (Å²) in [5.41, 5.74) is 17.7. The normalized spacial score (nSPS) is 13.2. The van der Waals surface area contributed by atoms with E-state index < -0.39 is 48.4 Å². The highest BCUT2D eigenvalue weighted by molar-refractivity contribution is 7.18. The summed E-state index contributed by atoms with van der Waals surface area (Å²) in [6.45, 7) is 45.1. The average molecular weight is 1050 g/mol. The number of benzene rings is 3. The summed E-state index contributed by atoms with van der Waals surface area (Å²) in [5, 5.41) is 14.2. The van der Waals surface area contributed by atoms with Crippen LogP contribution in [0, 0.1) is 22.9 Å². The summed E-state index contributed by atoms with van der Waals surface area (Å²) in [6.07, 6.45) is 4.66. The van der Waals surface area contributed by atoms with E-state index in [0.717, 1.165) is 12.8 Å². The molecule has 0 fully saturated rings. The van der Waals surface area contributed by atoms with Gasteiger partial charge in [-0.15, -0.1) is 33.8 Å². The van der Waals surface area contributed by atoms with Gasteiger partial charge in [-0.3, -0.25) is 0 Å². The van der Waals surface area contributed by atoms with Crippen molar-refractivity contribution in [2.24, 2.45) is 0 Å². The quantitative estimate of drug-likeness (QED) is 0.0328. The Labute approximate surface area is 433 Å². The fourth-order valence-electron chi connectivity index (χ4n) is 12.4. The van der Waals surface area contributed by atoms with Crippen molar-refractivity contribution in [3.63, 3.8) is 0 Å². The lowest BCUT2D eigenvalue weighted by molar-refractivity contribution is 1.02. The number of hydrogen-bond acceptors (Lipinski definition) is 2. The topological polar surface area (TPSA) is 0 Å². The molecule has 0 aliphatic rings. The van der Waals surface area contributed by atoms with Crippen LogP contribution in [0.3, 0.4) is 0 Å². The zero-order valence-corrected chi connectivity index (χ0v) is 54.9. The van der Waals surface area contributed by atoms with E-state index in [9.17, 15) is 0 Å². The summed E-state index contributed by atoms with van der Waals surface area (Å²) in [6, 6.07) is 27.1. The van der Waals surface area contributed by atoms with E-state index in [1.165, 1.54) is 121 Å². The first-order valence-corrected chi connectivity index (χ1v) is 48.3. The van der Waals surface area contributed by atoms with Crippen LogP contribution in [-0.4, -0.2) is 48.4 Å². The van der Waals surface area contributed by atoms with Gasteiger partial charge in [0.25, 0.3) is 0 Å². The Bertz CT molecular complexity index is 2250. The second kappa shape index (κ2) is 24.0. The average Bonchev–Trinajstić information content (AvgIpc) is 4.04. The molecule has 0 atom stereocenters. The Hall–Kier alpha value is -1.48. The number of hydrogen-bond donors (Lipinski definition) is 0. The van der Waals surface area contributed by atoms with Crippen molar-refractivity contribution in [2.75, 3.05) is 0 Å². The van der Waals surface area contributed by atoms with Gasteiger partial charge in [-0.1, -0.05) is 231 Å². The summed E-state index contributed by atoms with van der Waals surface area (Å²) < 4.78 is 3.15. The molecule has 3 aromatic carbocycles. The highest BCUT2D eigenvalue weighted by atomic mass is 32.1. The second-order valence-electron chi connectivity index (χ2n) is 23.7. The number of aryl methyl sites for hydroxylation is 4. The van der Waals surface area contributed by atoms with Gasteiger partial charge in [-0.25, -0.2) is 0 Å². The molecule has 0 aliphatic heterocycles. The third-order valence-corrected chi connectivity index (χ3v) is 45.9. The largest absolute Gasteiger partial charge is 0.143 e. The molecule has 0 N–H and O–H groups in total. The molecule has 5 rings (SSSR count). The number of thiophene rings is 2. The summed E-state index contributed by atoms with van der Waals surface area (Å²) in [4.78, 5) is 0. The van der Waals surface area contributed by atoms with Crippen LogP contribution in [0.1, 0.15) is 116 Å². The third-order valence-electron chi connectivity index (χ3n) is 19.0. The molecule has 374 valence electrons. The van der Waals surface area contributed by atoms with Crippen molar-refractivity contribution < 1.29 is 0 Å². The Morgan fingerprint density at radius 2 is 0.588 bits per heavy atom. The Morgan fingerprint density at radius 3 is 0.824 bits per heavy atom. The maximum absolute atomic E-state index is 4.33. The minimum atomic E-state index is -1.81. The summed E-state index contributed by atoms with van der Waals surface area (Å²) >= 11 is 4.10. The third kappa shape index (κ3) is 12.1. The minimum absolute atomic E-state index is 1.16. The predicted molar refractivity (Wildman–Crippen MR) is 336 cm³/mol. The highest BCUT2D eigenvalue weighted by Gasteiger charge is 2.35. The van der Waals surface area contributed by atoms with Crippen molar-refractivity contribution in [2.45, 2.75) is 245 Å². The lowest BCUT2D eigenvalue weighted by Crippen LogP contribution is -2.32. The van der Waals surface area contributed by atoms with Gasteiger partial charge < -0.3 is 0 Å². The molecular formula is C60H98S2Si6. The Morgan fingerprint density at radius 1 is 0.353 bits per heavy atom. The Kier molecular flexibility index (Phi) is 20.3. The number of fused-ring (bicyclic) bond motifs is 4. The first-order chi connectivity index (χ1) is 32.3. The SMILES string of the molecule is CC[Si](CC)(CC)CCc1c2ccsc2c(CC[Si](CC)(CC)CC)c2c(C#C[Si](C)(C)C)c3c(CC[Si](CC)(CC)CC)c4ccsc4c(CC[Si](CC)(CC)CC)c3c(C#C[Si](C)(C)C)c12. The van der Waals surface area contributed by atoms with Gasteiger partial charge in [-0.05, 0) is 81.6 Å². The van der Waals surface area contributed by atoms with Gasteiger partial charge in [0.15, 0.2) is 0 Å². The maximum Gasteiger partial charge on any atom is 0.129 e. The van der Waals surface area contributed by atoms with E-state index in [1.807, 2.05) is 0 Å². The van der Waals surface area contributed by atoms with Crippen LogP contribution in [0.4, 0.5) is 0 Å². The lowest BCUT2D eigenvalue weighted by Gasteiger charge is -2.31. The maximum atomic E-state index is 4.33. The molecule has 0 bridgehead atoms. The van der Waals surface area contributed by atoms with E-state index in [2.05, 4.69) is 191 Å². The van der Waals surface area contributed by atoms with Crippen LogP contribution in [0.2, 0.25) is 136 Å². The van der Waals surface area contributed by atoms with E-state index in [4.69, 9.17) is 0 Å². The minimum Gasteiger partial charge on any atom is -0.143 e. The van der Waals surface area contributed by atoms with Crippen LogP contribution >= 0.6 is 22.7 Å². The first kappa shape index (κ1) is 57.4. The van der Waals surface area contributed by atoms with Crippen molar-refractivity contribution in [3.8, 4) is 22.9 Å². The van der Waals surface area contributed by atoms with E-state index in [1.54, 1.807) is 64.0 Å². The molecule has 0 nitrogen and oxygen atoms in total. The molecule has 0 unspecified atom stereocenters. The molecule has 0 saturated heterocycles. The molecule has 0 spiro atoms. The van der Waals surface area contributed by atoms with Gasteiger partial charge in [0, 0.05) is 42.1 Å². The van der Waals surface area contributed by atoms with E-state index >= 15 is 0 Å². The summed E-state index contributed by atoms with van der Waals surface area (Å²) in [5.74, 6) is 8.66. The molecule has 0 aliphatic carbocycles. The second-order valence-corrected chi connectivity index (χ2v) is 57.6. The fourth-order valence-corrected chi connectivity index (χ4v) is 28.8. The fraction of sp³-hybridized carbons (Fsp3) is 0.633. The zero-order chi connectivity index (χ0) is 50.3. The lowest BCUT2D eigenvalue weighted by atomic mass is 9.80. The standard InChI is InChI=1S/C60H98S2Si6/c1-19-65(20-2,21-3)43-35-47-49-31-39-61-59(49)53(37-45-67(25-7,26-8)27-9)57-52(34-42-64(16,17)18)56-48(36-44-66(22-4,23-5)24-6)50-32-40-62-60(50)54(38-46-68(28-10,29-11)30-12)58(56)51(55(47)57)33-41-63(13,14)15/h31-32,39-40H,19-30,35-38,43-46H2,1-18H3. The highest BCUT2D eigenvalue weighted by Crippen LogP contribution is 2.50. The van der Waals surface area contributed by atoms with Crippen molar-refractivity contribution in [3.05, 3.63) is 56.3 Å². The molecule has 2 heterocycles. The Balaban J connectivity index is 2.25. The monoisotopic (exact) mass is 1050 g/mol. The molecule has 0 amide bonds. The summed E-state index contributed by atoms with van der Waals surface area (Å²) in [7, 11) is -9.46. The van der Waals surface area contributed by atoms with Crippen LogP contribution in [-0.2, 0) is 25.7 Å². The molecule has 0 saturated carbocycles. The van der Waals surface area contributed by atoms with Gasteiger partial charge in [0.1, 0.15) is 16.1 Å². The van der Waals surface area contributed by atoms with E-state index in [0.29, 0.717) is 0 Å². The van der Waals surface area contributed by atoms with Crippen molar-refractivity contribution in [1.29, 1.82) is 0 Å². The van der Waals surface area contributed by atoms with Crippen molar-refractivity contribution >= 4 is 113 Å². The number of rotatable bonds is 24. The molecule has 8 heteroatoms. The predicted octanol–water partition coefficient (Wildman–Crippen LogP) is 21.1. The van der Waals surface area contributed by atoms with E-state index in [-0.39, 0.29) is 0 Å². The zero-order valence-electron chi connectivity index (χ0n) is 47.3. The molecular weight excluding hydrogens is 953 g/mol.